The second-order valence-corrected chi connectivity index (χ2v) is 8.84. The summed E-state index contributed by atoms with van der Waals surface area (Å²) in [6.07, 6.45) is -1.09. The molecular formula is C23H25ClF3N7O4. The summed E-state index contributed by atoms with van der Waals surface area (Å²) < 4.78 is 47.0. The number of aromatic carboxylic acids is 1. The third kappa shape index (κ3) is 8.10. The summed E-state index contributed by atoms with van der Waals surface area (Å²) in [7, 11) is 0. The Labute approximate surface area is 221 Å². The van der Waals surface area contributed by atoms with Crippen molar-refractivity contribution in [1.82, 2.24) is 30.2 Å². The van der Waals surface area contributed by atoms with E-state index in [-0.39, 0.29) is 62.6 Å². The van der Waals surface area contributed by atoms with Gasteiger partial charge in [-0.05, 0) is 31.9 Å². The number of aromatic nitrogens is 6. The largest absolute Gasteiger partial charge is 0.490 e. The Morgan fingerprint density at radius 3 is 2.61 bits per heavy atom. The number of nitrogens with one attached hydrogen (secondary N) is 1. The van der Waals surface area contributed by atoms with Crippen LogP contribution in [0.3, 0.4) is 0 Å². The van der Waals surface area contributed by atoms with Gasteiger partial charge in [0.25, 0.3) is 5.92 Å². The third-order valence-corrected chi connectivity index (χ3v) is 5.52. The van der Waals surface area contributed by atoms with E-state index in [0.29, 0.717) is 22.8 Å². The maximum Gasteiger partial charge on any atom is 0.358 e. The number of carboxylic acids is 1. The molecule has 0 unspecified atom stereocenters. The van der Waals surface area contributed by atoms with Crippen LogP contribution in [0.5, 0.6) is 5.75 Å². The number of halogens is 4. The molecule has 0 radical (unpaired) electrons. The lowest BCUT2D eigenvalue weighted by molar-refractivity contribution is -0.134. The third-order valence-electron chi connectivity index (χ3n) is 5.52. The molecular weight excluding hydrogens is 531 g/mol. The highest BCUT2D eigenvalue weighted by Gasteiger charge is 2.47. The van der Waals surface area contributed by atoms with Gasteiger partial charge in [-0.15, -0.1) is 22.6 Å². The number of hydrogen-bond acceptors (Lipinski definition) is 8. The van der Waals surface area contributed by atoms with Gasteiger partial charge in [-0.2, -0.15) is 5.10 Å². The van der Waals surface area contributed by atoms with E-state index in [9.17, 15) is 22.8 Å². The Morgan fingerprint density at radius 2 is 1.97 bits per heavy atom. The Kier molecular flexibility index (Phi) is 9.20. The van der Waals surface area contributed by atoms with Crippen molar-refractivity contribution in [1.29, 1.82) is 0 Å². The molecule has 0 spiro atoms. The number of pyridine rings is 1. The SMILES string of the molecule is Cc1cc(OC2CC(F)(F)C2)cc(CC(=O)Nc2ccc(CC[C@@H](F)Cn3cc(C(=O)O)nn3)nn2)n1.Cl. The van der Waals surface area contributed by atoms with Crippen LogP contribution in [0.4, 0.5) is 19.0 Å². The van der Waals surface area contributed by atoms with E-state index in [1.165, 1.54) is 0 Å². The summed E-state index contributed by atoms with van der Waals surface area (Å²) in [6.45, 7) is 1.57. The van der Waals surface area contributed by atoms with Gasteiger partial charge in [-0.25, -0.2) is 22.6 Å². The van der Waals surface area contributed by atoms with Crippen LogP contribution in [0.1, 0.15) is 46.8 Å². The minimum Gasteiger partial charge on any atom is -0.490 e. The molecule has 0 bridgehead atoms. The van der Waals surface area contributed by atoms with E-state index in [0.717, 1.165) is 10.9 Å². The number of rotatable bonds is 11. The highest BCUT2D eigenvalue weighted by atomic mass is 35.5. The average molecular weight is 556 g/mol. The van der Waals surface area contributed by atoms with Gasteiger partial charge in [0.05, 0.1) is 30.6 Å². The van der Waals surface area contributed by atoms with Crippen LogP contribution in [-0.4, -0.2) is 65.4 Å². The summed E-state index contributed by atoms with van der Waals surface area (Å²) in [6, 6.07) is 6.33. The Morgan fingerprint density at radius 1 is 1.21 bits per heavy atom. The Bertz CT molecular complexity index is 1270. The van der Waals surface area contributed by atoms with Gasteiger partial charge in [-0.1, -0.05) is 5.21 Å². The van der Waals surface area contributed by atoms with Crippen LogP contribution < -0.4 is 10.1 Å². The molecule has 1 aliphatic rings. The van der Waals surface area contributed by atoms with Crippen LogP contribution >= 0.6 is 12.4 Å². The zero-order valence-corrected chi connectivity index (χ0v) is 21.0. The normalized spacial score (nSPS) is 15.2. The molecule has 3 heterocycles. The number of carboxylic acid groups (broad SMARTS) is 1. The van der Waals surface area contributed by atoms with Gasteiger partial charge in [0.15, 0.2) is 11.5 Å². The van der Waals surface area contributed by atoms with Crippen LogP contribution in [0.25, 0.3) is 0 Å². The van der Waals surface area contributed by atoms with Gasteiger partial charge in [0.2, 0.25) is 5.91 Å². The highest BCUT2D eigenvalue weighted by Crippen LogP contribution is 2.39. The van der Waals surface area contributed by atoms with Crippen molar-refractivity contribution in [3.05, 3.63) is 53.2 Å². The lowest BCUT2D eigenvalue weighted by Gasteiger charge is -2.34. The molecule has 0 saturated heterocycles. The van der Waals surface area contributed by atoms with Crippen molar-refractivity contribution in [2.75, 3.05) is 5.32 Å². The summed E-state index contributed by atoms with van der Waals surface area (Å²) in [5, 5.41) is 26.4. The summed E-state index contributed by atoms with van der Waals surface area (Å²) in [5.74, 6) is -3.74. The standard InChI is InChI=1S/C23H24F3N7O4.ClH/c1-13-6-17(37-18-9-23(25,26)10-18)7-16(27-13)8-21(34)28-20-5-4-15(29-31-20)3-2-14(24)11-33-12-19(22(35)36)30-32-33;/h4-7,12,14,18H,2-3,8-11H2,1H3,(H,35,36)(H,28,31,34);1H/t14-;/m1./s1. The van der Waals surface area contributed by atoms with E-state index in [1.807, 2.05) is 0 Å². The first kappa shape index (κ1) is 28.8. The van der Waals surface area contributed by atoms with E-state index < -0.39 is 30.1 Å². The van der Waals surface area contributed by atoms with Gasteiger partial charge >= 0.3 is 5.97 Å². The first-order valence-electron chi connectivity index (χ1n) is 11.5. The fourth-order valence-corrected chi connectivity index (χ4v) is 3.74. The van der Waals surface area contributed by atoms with Crippen LogP contribution in [-0.2, 0) is 24.2 Å². The fourth-order valence-electron chi connectivity index (χ4n) is 3.74. The number of carbonyl (C=O) groups is 2. The van der Waals surface area contributed by atoms with Gasteiger partial charge in [0.1, 0.15) is 18.0 Å². The van der Waals surface area contributed by atoms with E-state index >= 15 is 0 Å². The molecule has 1 amide bonds. The Hall–Kier alpha value is -3.81. The number of carbonyl (C=O) groups excluding carboxylic acids is 1. The minimum atomic E-state index is -2.69. The minimum absolute atomic E-state index is 0. The summed E-state index contributed by atoms with van der Waals surface area (Å²) in [5.41, 5.74) is 1.26. The monoisotopic (exact) mass is 555 g/mol. The van der Waals surface area contributed by atoms with E-state index in [1.54, 1.807) is 31.2 Å². The number of nitrogens with zero attached hydrogens (tertiary/aromatic N) is 6. The molecule has 4 rings (SSSR count). The average Bonchev–Trinajstić information content (AvgIpc) is 3.26. The molecule has 0 aromatic carbocycles. The fraction of sp³-hybridized carbons (Fsp3) is 0.435. The molecule has 1 fully saturated rings. The second-order valence-electron chi connectivity index (χ2n) is 8.84. The molecule has 1 saturated carbocycles. The van der Waals surface area contributed by atoms with Crippen LogP contribution in [0, 0.1) is 6.92 Å². The van der Waals surface area contributed by atoms with Crippen molar-refractivity contribution < 1.29 is 32.6 Å². The molecule has 3 aromatic heterocycles. The van der Waals surface area contributed by atoms with Crippen LogP contribution in [0.15, 0.2) is 30.5 Å². The van der Waals surface area contributed by atoms with E-state index in [2.05, 4.69) is 30.8 Å². The molecule has 2 N–H and O–H groups in total. The Balaban J connectivity index is 0.00000400. The van der Waals surface area contributed by atoms with Gasteiger partial charge < -0.3 is 15.2 Å². The van der Waals surface area contributed by atoms with Crippen molar-refractivity contribution in [3.63, 3.8) is 0 Å². The maximum absolute atomic E-state index is 14.2. The van der Waals surface area contributed by atoms with Crippen molar-refractivity contribution >= 4 is 30.1 Å². The second kappa shape index (κ2) is 12.2. The van der Waals surface area contributed by atoms with Crippen molar-refractivity contribution in [3.8, 4) is 5.75 Å². The summed E-state index contributed by atoms with van der Waals surface area (Å²) >= 11 is 0. The number of aryl methyl sites for hydroxylation is 2. The molecule has 11 nitrogen and oxygen atoms in total. The highest BCUT2D eigenvalue weighted by molar-refractivity contribution is 5.91. The lowest BCUT2D eigenvalue weighted by atomic mass is 9.91. The van der Waals surface area contributed by atoms with E-state index in [4.69, 9.17) is 9.84 Å². The zero-order chi connectivity index (χ0) is 26.6. The quantitative estimate of drug-likeness (QED) is 0.364. The van der Waals surface area contributed by atoms with Gasteiger partial charge in [0, 0.05) is 30.7 Å². The first-order valence-corrected chi connectivity index (χ1v) is 11.5. The molecule has 1 atom stereocenters. The zero-order valence-electron chi connectivity index (χ0n) is 20.2. The van der Waals surface area contributed by atoms with Crippen molar-refractivity contribution in [2.45, 2.75) is 63.8 Å². The molecule has 204 valence electrons. The predicted octanol–water partition coefficient (Wildman–Crippen LogP) is 3.22. The molecule has 1 aliphatic carbocycles. The number of anilines is 1. The van der Waals surface area contributed by atoms with Gasteiger partial charge in [-0.3, -0.25) is 9.78 Å². The topological polar surface area (TPSA) is 145 Å². The predicted molar refractivity (Wildman–Crippen MR) is 129 cm³/mol. The lowest BCUT2D eigenvalue weighted by Crippen LogP contribution is -2.43. The number of ether oxygens (including phenoxy) is 1. The molecule has 15 heteroatoms. The molecule has 0 aliphatic heterocycles. The maximum atomic E-state index is 14.2. The summed E-state index contributed by atoms with van der Waals surface area (Å²) in [4.78, 5) is 27.5. The number of amides is 1. The smallest absolute Gasteiger partial charge is 0.358 e. The molecule has 38 heavy (non-hydrogen) atoms. The van der Waals surface area contributed by atoms with Crippen molar-refractivity contribution in [2.24, 2.45) is 0 Å². The first-order chi connectivity index (χ1) is 17.5. The van der Waals surface area contributed by atoms with Crippen LogP contribution in [0.2, 0.25) is 0 Å². The number of hydrogen-bond donors (Lipinski definition) is 2. The molecule has 3 aromatic rings. The number of alkyl halides is 3.